The number of alkyl halides is 6. The first kappa shape index (κ1) is 38.8. The zero-order chi connectivity index (χ0) is 37.7. The molecule has 4 aromatic rings. The number of anilines is 1. The van der Waals surface area contributed by atoms with E-state index in [2.05, 4.69) is 25.6 Å². The second-order valence-electron chi connectivity index (χ2n) is 13.0. The number of nitrogen functional groups attached to an aromatic ring is 1. The Kier molecular flexibility index (Phi) is 12.0. The third kappa shape index (κ3) is 10.1. The Bertz CT molecular complexity index is 1850. The minimum absolute atomic E-state index is 0.0609. The van der Waals surface area contributed by atoms with Crippen molar-refractivity contribution >= 4 is 34.8 Å². The van der Waals surface area contributed by atoms with Gasteiger partial charge in [0, 0.05) is 18.0 Å². The number of amides is 1. The Balaban J connectivity index is 1.28. The van der Waals surface area contributed by atoms with E-state index in [1.54, 1.807) is 4.57 Å². The number of hydrogen-bond acceptors (Lipinski definition) is 10. The van der Waals surface area contributed by atoms with Crippen LogP contribution in [0.25, 0.3) is 22.3 Å². The third-order valence-electron chi connectivity index (χ3n) is 7.78. The van der Waals surface area contributed by atoms with Gasteiger partial charge in [-0.25, -0.2) is 19.7 Å². The normalized spacial score (nSPS) is 13.2. The Labute approximate surface area is 300 Å². The summed E-state index contributed by atoms with van der Waals surface area (Å²) in [5.41, 5.74) is 3.17. The molecule has 0 unspecified atom stereocenters. The summed E-state index contributed by atoms with van der Waals surface area (Å²) < 4.78 is 101. The van der Waals surface area contributed by atoms with E-state index in [1.165, 1.54) is 18.5 Å². The standard InChI is InChI=1S/C34H39F6N7O4S/c1-32(2,3)51-31(48)43-11-7-5-4-6-9-42-10-8-12-47-29-27(28(41)44-18-45-29)46-30(47)52-26-17-25-24(49-19-50-25)16-23(26)20-13-21(33(35,36)37)15-22(14-20)34(38,39)40/h13-18,42H,4-12,19H2,1-3H3,(H,43,48)(H2,41,44,45). The number of aromatic nitrogens is 4. The van der Waals surface area contributed by atoms with E-state index in [1.807, 2.05) is 20.8 Å². The van der Waals surface area contributed by atoms with Crippen molar-refractivity contribution in [2.24, 2.45) is 0 Å². The van der Waals surface area contributed by atoms with Crippen molar-refractivity contribution in [3.63, 3.8) is 0 Å². The van der Waals surface area contributed by atoms with Crippen LogP contribution in [0.1, 0.15) is 64.0 Å². The maximum Gasteiger partial charge on any atom is 0.416 e. The molecule has 11 nitrogen and oxygen atoms in total. The van der Waals surface area contributed by atoms with Gasteiger partial charge in [-0.15, -0.1) is 0 Å². The van der Waals surface area contributed by atoms with Crippen LogP contribution in [-0.2, 0) is 23.6 Å². The van der Waals surface area contributed by atoms with Gasteiger partial charge in [0.1, 0.15) is 11.9 Å². The number of benzene rings is 2. The van der Waals surface area contributed by atoms with E-state index in [4.69, 9.17) is 19.9 Å². The minimum Gasteiger partial charge on any atom is -0.454 e. The molecular weight excluding hydrogens is 716 g/mol. The molecule has 2 aromatic heterocycles. The number of alkyl carbamates (subject to hydrolysis) is 1. The molecule has 0 aliphatic carbocycles. The highest BCUT2D eigenvalue weighted by molar-refractivity contribution is 7.99. The topological polar surface area (TPSA) is 138 Å². The maximum atomic E-state index is 13.8. The Morgan fingerprint density at radius 2 is 1.52 bits per heavy atom. The zero-order valence-corrected chi connectivity index (χ0v) is 29.5. The summed E-state index contributed by atoms with van der Waals surface area (Å²) in [7, 11) is 0. The first-order valence-corrected chi connectivity index (χ1v) is 17.4. The summed E-state index contributed by atoms with van der Waals surface area (Å²) in [4.78, 5) is 25.0. The molecule has 282 valence electrons. The van der Waals surface area contributed by atoms with Crippen LogP contribution in [0.4, 0.5) is 37.0 Å². The Hall–Kier alpha value is -4.45. The van der Waals surface area contributed by atoms with E-state index in [-0.39, 0.29) is 46.2 Å². The summed E-state index contributed by atoms with van der Waals surface area (Å²) in [6, 6.07) is 4.31. The van der Waals surface area contributed by atoms with Gasteiger partial charge in [0.15, 0.2) is 33.6 Å². The monoisotopic (exact) mass is 755 g/mol. The van der Waals surface area contributed by atoms with E-state index in [0.29, 0.717) is 54.5 Å². The number of halogens is 6. The van der Waals surface area contributed by atoms with Gasteiger partial charge in [0.2, 0.25) is 6.79 Å². The minimum atomic E-state index is -5.03. The average Bonchev–Trinajstić information content (AvgIpc) is 3.66. The van der Waals surface area contributed by atoms with Crippen LogP contribution in [0.5, 0.6) is 11.5 Å². The SMILES string of the molecule is CC(C)(C)OC(=O)NCCCCCCNCCCn1c(Sc2cc3c(cc2-c2cc(C(F)(F)F)cc(C(F)(F)F)c2)OCO3)nc2c(N)ncnc21. The molecule has 0 spiro atoms. The zero-order valence-electron chi connectivity index (χ0n) is 28.7. The number of aryl methyl sites for hydroxylation is 1. The summed E-state index contributed by atoms with van der Waals surface area (Å²) in [5, 5.41) is 6.50. The molecule has 18 heteroatoms. The fourth-order valence-corrected chi connectivity index (χ4v) is 6.45. The lowest BCUT2D eigenvalue weighted by Crippen LogP contribution is -2.33. The molecule has 5 rings (SSSR count). The van der Waals surface area contributed by atoms with Gasteiger partial charge in [-0.1, -0.05) is 24.6 Å². The van der Waals surface area contributed by atoms with Gasteiger partial charge in [-0.05, 0) is 94.6 Å². The number of nitrogens with two attached hydrogens (primary N) is 1. The Morgan fingerprint density at radius 3 is 2.17 bits per heavy atom. The highest BCUT2D eigenvalue weighted by Gasteiger charge is 2.37. The summed E-state index contributed by atoms with van der Waals surface area (Å²) in [5.74, 6) is 0.570. The first-order chi connectivity index (χ1) is 24.5. The van der Waals surface area contributed by atoms with Gasteiger partial charge in [-0.2, -0.15) is 26.3 Å². The van der Waals surface area contributed by atoms with Gasteiger partial charge < -0.3 is 35.1 Å². The van der Waals surface area contributed by atoms with E-state index < -0.39 is 35.2 Å². The number of carbonyl (C=O) groups is 1. The van der Waals surface area contributed by atoms with Gasteiger partial charge in [-0.3, -0.25) is 0 Å². The molecule has 0 fully saturated rings. The number of imidazole rings is 1. The molecule has 1 aliphatic rings. The average molecular weight is 756 g/mol. The maximum absolute atomic E-state index is 13.8. The largest absolute Gasteiger partial charge is 0.454 e. The van der Waals surface area contributed by atoms with Crippen molar-refractivity contribution in [1.29, 1.82) is 0 Å². The summed E-state index contributed by atoms with van der Waals surface area (Å²) in [6.07, 6.45) is -4.87. The number of nitrogens with one attached hydrogen (secondary N) is 2. The number of unbranched alkanes of at least 4 members (excludes halogenated alkanes) is 3. The lowest BCUT2D eigenvalue weighted by Gasteiger charge is -2.19. The van der Waals surface area contributed by atoms with Crippen molar-refractivity contribution in [1.82, 2.24) is 30.2 Å². The molecule has 2 aromatic carbocycles. The van der Waals surface area contributed by atoms with Gasteiger partial charge in [0.25, 0.3) is 0 Å². The van der Waals surface area contributed by atoms with Crippen molar-refractivity contribution in [3.8, 4) is 22.6 Å². The van der Waals surface area contributed by atoms with E-state index >= 15 is 0 Å². The quantitative estimate of drug-likeness (QED) is 0.0856. The molecule has 0 saturated carbocycles. The van der Waals surface area contributed by atoms with Crippen molar-refractivity contribution in [2.45, 2.75) is 87.4 Å². The first-order valence-electron chi connectivity index (χ1n) is 16.6. The van der Waals surface area contributed by atoms with Crippen LogP contribution in [0, 0.1) is 0 Å². The van der Waals surface area contributed by atoms with Crippen LogP contribution >= 0.6 is 11.8 Å². The molecule has 1 amide bonds. The van der Waals surface area contributed by atoms with E-state index in [9.17, 15) is 31.1 Å². The molecule has 3 heterocycles. The predicted octanol–water partition coefficient (Wildman–Crippen LogP) is 8.06. The molecule has 0 bridgehead atoms. The second kappa shape index (κ2) is 16.1. The van der Waals surface area contributed by atoms with Gasteiger partial charge in [0.05, 0.1) is 11.1 Å². The molecule has 0 atom stereocenters. The smallest absolute Gasteiger partial charge is 0.416 e. The number of nitrogens with zero attached hydrogens (tertiary/aromatic N) is 4. The fraction of sp³-hybridized carbons (Fsp3) is 0.471. The number of hydrogen-bond donors (Lipinski definition) is 3. The van der Waals surface area contributed by atoms with Crippen LogP contribution in [-0.4, -0.2) is 57.6 Å². The molecule has 1 aliphatic heterocycles. The molecule has 52 heavy (non-hydrogen) atoms. The second-order valence-corrected chi connectivity index (χ2v) is 14.0. The predicted molar refractivity (Wildman–Crippen MR) is 182 cm³/mol. The fourth-order valence-electron chi connectivity index (χ4n) is 5.38. The summed E-state index contributed by atoms with van der Waals surface area (Å²) >= 11 is 1.02. The number of ether oxygens (including phenoxy) is 3. The molecule has 0 saturated heterocycles. The van der Waals surface area contributed by atoms with Gasteiger partial charge >= 0.3 is 18.4 Å². The van der Waals surface area contributed by atoms with Crippen LogP contribution in [0.3, 0.4) is 0 Å². The number of fused-ring (bicyclic) bond motifs is 2. The molecular formula is C34H39F6N7O4S. The molecule has 4 N–H and O–H groups in total. The van der Waals surface area contributed by atoms with Crippen LogP contribution in [0.2, 0.25) is 0 Å². The number of rotatable bonds is 14. The van der Waals surface area contributed by atoms with Crippen molar-refractivity contribution in [2.75, 3.05) is 32.2 Å². The Morgan fingerprint density at radius 1 is 0.885 bits per heavy atom. The third-order valence-corrected chi connectivity index (χ3v) is 8.84. The highest BCUT2D eigenvalue weighted by atomic mass is 32.2. The molecule has 0 radical (unpaired) electrons. The van der Waals surface area contributed by atoms with E-state index in [0.717, 1.165) is 44.0 Å². The van der Waals surface area contributed by atoms with Crippen LogP contribution < -0.4 is 25.8 Å². The number of carbonyl (C=O) groups excluding carboxylic acids is 1. The van der Waals surface area contributed by atoms with Crippen molar-refractivity contribution < 1.29 is 45.3 Å². The van der Waals surface area contributed by atoms with Crippen LogP contribution in [0.15, 0.2) is 46.7 Å². The highest BCUT2D eigenvalue weighted by Crippen LogP contribution is 2.47. The summed E-state index contributed by atoms with van der Waals surface area (Å²) in [6.45, 7) is 7.64. The lowest BCUT2D eigenvalue weighted by molar-refractivity contribution is -0.143. The van der Waals surface area contributed by atoms with Crippen molar-refractivity contribution in [3.05, 3.63) is 47.8 Å². The lowest BCUT2D eigenvalue weighted by atomic mass is 9.98.